The molecule has 0 saturated carbocycles. The second-order valence-electron chi connectivity index (χ2n) is 9.61. The third-order valence-corrected chi connectivity index (χ3v) is 7.11. The second-order valence-corrected chi connectivity index (χ2v) is 9.61. The van der Waals surface area contributed by atoms with Crippen LogP contribution in [0.15, 0.2) is 18.3 Å². The Bertz CT molecular complexity index is 1210. The molecule has 4 aliphatic rings. The molecule has 2 unspecified atom stereocenters. The molecular formula is C24H27FN6O5. The van der Waals surface area contributed by atoms with Gasteiger partial charge in [-0.05, 0) is 43.5 Å². The van der Waals surface area contributed by atoms with E-state index in [2.05, 4.69) is 25.5 Å². The van der Waals surface area contributed by atoms with Crippen LogP contribution in [0.2, 0.25) is 0 Å². The van der Waals surface area contributed by atoms with Crippen molar-refractivity contribution in [2.45, 2.75) is 37.5 Å². The van der Waals surface area contributed by atoms with Gasteiger partial charge < -0.3 is 29.7 Å². The highest BCUT2D eigenvalue weighted by molar-refractivity contribution is 5.94. The highest BCUT2D eigenvalue weighted by Crippen LogP contribution is 2.32. The van der Waals surface area contributed by atoms with Crippen LogP contribution in [0.1, 0.15) is 17.5 Å². The summed E-state index contributed by atoms with van der Waals surface area (Å²) in [5.74, 6) is 0.752. The zero-order chi connectivity index (χ0) is 24.8. The molecule has 2 N–H and O–H groups in total. The topological polar surface area (TPSA) is 118 Å². The van der Waals surface area contributed by atoms with E-state index >= 15 is 0 Å². The van der Waals surface area contributed by atoms with Crippen LogP contribution in [-0.4, -0.2) is 85.0 Å². The first-order valence-corrected chi connectivity index (χ1v) is 12.1. The Morgan fingerprint density at radius 3 is 2.94 bits per heavy atom. The number of benzene rings is 1. The molecule has 36 heavy (non-hydrogen) atoms. The van der Waals surface area contributed by atoms with Gasteiger partial charge in [0.2, 0.25) is 0 Å². The highest BCUT2D eigenvalue weighted by Gasteiger charge is 2.35. The largest absolute Gasteiger partial charge is 0.488 e. The molecule has 12 heteroatoms. The summed E-state index contributed by atoms with van der Waals surface area (Å²) in [5.41, 5.74) is 1.75. The van der Waals surface area contributed by atoms with Crippen LogP contribution in [0.25, 0.3) is 0 Å². The zero-order valence-electron chi connectivity index (χ0n) is 19.8. The smallest absolute Gasteiger partial charge is 0.415 e. The molecule has 11 nitrogen and oxygen atoms in total. The normalized spacial score (nSPS) is 23.0. The molecule has 0 bridgehead atoms. The Hall–Kier alpha value is -3.51. The van der Waals surface area contributed by atoms with E-state index < -0.39 is 6.09 Å². The van der Waals surface area contributed by atoms with Crippen LogP contribution in [0, 0.1) is 5.82 Å². The van der Waals surface area contributed by atoms with Crippen molar-refractivity contribution in [1.29, 1.82) is 0 Å². The summed E-state index contributed by atoms with van der Waals surface area (Å²) in [4.78, 5) is 36.1. The monoisotopic (exact) mass is 498 g/mol. The molecule has 6 rings (SSSR count). The van der Waals surface area contributed by atoms with Crippen molar-refractivity contribution in [3.8, 4) is 11.6 Å². The van der Waals surface area contributed by atoms with Crippen molar-refractivity contribution in [3.63, 3.8) is 0 Å². The third kappa shape index (κ3) is 4.42. The molecule has 2 saturated heterocycles. The molecule has 4 heterocycles. The highest BCUT2D eigenvalue weighted by atomic mass is 19.1. The average molecular weight is 499 g/mol. The van der Waals surface area contributed by atoms with Crippen molar-refractivity contribution in [1.82, 2.24) is 20.2 Å². The van der Waals surface area contributed by atoms with Gasteiger partial charge in [-0.1, -0.05) is 0 Å². The standard InChI is InChI=1S/C24H27FN6O5/c1-30(14-4-13-5-16(35-17-8-26-9-17)7-19(25)18(13)6-14)3-2-15-11-31(24(33)36-15)20-10-27-23-22(28-20)29-21(32)12-34-23/h5,7,10,14-15,17,26H,2-4,6,8-9,11-12H2,1H3,(H,28,29,32). The number of carbonyl (C=O) groups excluding carboxylic acids is 2. The molecule has 2 amide bonds. The Morgan fingerprint density at radius 2 is 2.14 bits per heavy atom. The van der Waals surface area contributed by atoms with Crippen molar-refractivity contribution in [2.24, 2.45) is 0 Å². The van der Waals surface area contributed by atoms with E-state index in [-0.39, 0.29) is 54.1 Å². The minimum absolute atomic E-state index is 0.107. The van der Waals surface area contributed by atoms with E-state index in [0.717, 1.165) is 30.6 Å². The van der Waals surface area contributed by atoms with Crippen LogP contribution in [0.5, 0.6) is 11.6 Å². The molecule has 2 aromatic rings. The number of amides is 2. The second kappa shape index (κ2) is 9.17. The van der Waals surface area contributed by atoms with E-state index in [1.165, 1.54) is 17.2 Å². The first-order chi connectivity index (χ1) is 17.4. The number of carbonyl (C=O) groups is 2. The quantitative estimate of drug-likeness (QED) is 0.579. The van der Waals surface area contributed by atoms with Gasteiger partial charge in [0.05, 0.1) is 12.7 Å². The van der Waals surface area contributed by atoms with Gasteiger partial charge in [0.25, 0.3) is 11.8 Å². The van der Waals surface area contributed by atoms with E-state index in [1.807, 2.05) is 13.1 Å². The molecule has 190 valence electrons. The van der Waals surface area contributed by atoms with Gasteiger partial charge in [-0.2, -0.15) is 0 Å². The van der Waals surface area contributed by atoms with E-state index in [4.69, 9.17) is 14.2 Å². The molecule has 0 radical (unpaired) electrons. The summed E-state index contributed by atoms with van der Waals surface area (Å²) >= 11 is 0. The fourth-order valence-electron chi connectivity index (χ4n) is 4.93. The van der Waals surface area contributed by atoms with Gasteiger partial charge in [0, 0.05) is 31.7 Å². The summed E-state index contributed by atoms with van der Waals surface area (Å²) in [6.45, 7) is 2.47. The van der Waals surface area contributed by atoms with Gasteiger partial charge in [0.15, 0.2) is 18.2 Å². The molecule has 2 atom stereocenters. The molecule has 1 aromatic carbocycles. The maximum absolute atomic E-state index is 14.7. The number of ether oxygens (including phenoxy) is 3. The van der Waals surface area contributed by atoms with Gasteiger partial charge >= 0.3 is 6.09 Å². The van der Waals surface area contributed by atoms with Gasteiger partial charge in [-0.15, -0.1) is 0 Å². The SMILES string of the molecule is CN(CCC1CN(c2cnc3c(n2)NC(=O)CO3)C(=O)O1)C1Cc2cc(OC3CNC3)cc(F)c2C1. The van der Waals surface area contributed by atoms with Crippen molar-refractivity contribution >= 4 is 23.6 Å². The lowest BCUT2D eigenvalue weighted by Gasteiger charge is -2.28. The Morgan fingerprint density at radius 1 is 1.28 bits per heavy atom. The zero-order valence-corrected chi connectivity index (χ0v) is 19.8. The van der Waals surface area contributed by atoms with E-state index in [1.54, 1.807) is 0 Å². The lowest BCUT2D eigenvalue weighted by Crippen LogP contribution is -2.50. The number of likely N-dealkylation sites (N-methyl/N-ethyl adjacent to an activating group) is 1. The fourth-order valence-corrected chi connectivity index (χ4v) is 4.93. The van der Waals surface area contributed by atoms with Crippen molar-refractivity contribution in [3.05, 3.63) is 35.3 Å². The third-order valence-electron chi connectivity index (χ3n) is 7.11. The molecule has 0 spiro atoms. The predicted octanol–water partition coefficient (Wildman–Crippen LogP) is 1.11. The minimum Gasteiger partial charge on any atom is -0.488 e. The Kier molecular flexibility index (Phi) is 5.84. The number of anilines is 2. The Labute approximate surface area is 206 Å². The number of halogens is 1. The number of rotatable bonds is 7. The molecule has 3 aliphatic heterocycles. The van der Waals surface area contributed by atoms with E-state index in [0.29, 0.717) is 31.7 Å². The number of nitrogens with one attached hydrogen (secondary N) is 2. The van der Waals surface area contributed by atoms with Crippen molar-refractivity contribution in [2.75, 3.05) is 50.1 Å². The number of nitrogens with zero attached hydrogens (tertiary/aromatic N) is 4. The summed E-state index contributed by atoms with van der Waals surface area (Å²) in [6.07, 6.45) is 2.71. The lowest BCUT2D eigenvalue weighted by molar-refractivity contribution is -0.118. The first kappa shape index (κ1) is 22.9. The summed E-state index contributed by atoms with van der Waals surface area (Å²) in [5, 5.41) is 5.74. The lowest BCUT2D eigenvalue weighted by atomic mass is 10.1. The van der Waals surface area contributed by atoms with Gasteiger partial charge in [-0.3, -0.25) is 9.69 Å². The summed E-state index contributed by atoms with van der Waals surface area (Å²) < 4.78 is 31.4. The number of hydrogen-bond acceptors (Lipinski definition) is 9. The number of aromatic nitrogens is 2. The molecular weight excluding hydrogens is 471 g/mol. The average Bonchev–Trinajstić information content (AvgIpc) is 3.43. The van der Waals surface area contributed by atoms with Crippen LogP contribution < -0.4 is 25.0 Å². The van der Waals surface area contributed by atoms with Crippen LogP contribution >= 0.6 is 0 Å². The molecule has 1 aromatic heterocycles. The summed E-state index contributed by atoms with van der Waals surface area (Å²) in [7, 11) is 2.01. The molecule has 1 aliphatic carbocycles. The van der Waals surface area contributed by atoms with Crippen LogP contribution in [-0.2, 0) is 22.4 Å². The molecule has 2 fully saturated rings. The van der Waals surface area contributed by atoms with Gasteiger partial charge in [-0.25, -0.2) is 19.2 Å². The number of cyclic esters (lactones) is 1. The first-order valence-electron chi connectivity index (χ1n) is 12.1. The predicted molar refractivity (Wildman–Crippen MR) is 126 cm³/mol. The van der Waals surface area contributed by atoms with E-state index in [9.17, 15) is 14.0 Å². The fraction of sp³-hybridized carbons (Fsp3) is 0.500. The van der Waals surface area contributed by atoms with Gasteiger partial charge in [0.1, 0.15) is 23.8 Å². The number of fused-ring (bicyclic) bond motifs is 2. The minimum atomic E-state index is -0.510. The van der Waals surface area contributed by atoms with Crippen molar-refractivity contribution < 1.29 is 28.2 Å². The van der Waals surface area contributed by atoms with Crippen LogP contribution in [0.3, 0.4) is 0 Å². The summed E-state index contributed by atoms with van der Waals surface area (Å²) in [6, 6.07) is 3.63. The maximum Gasteiger partial charge on any atom is 0.415 e. The number of hydrogen-bond donors (Lipinski definition) is 2. The van der Waals surface area contributed by atoms with Crippen LogP contribution in [0.4, 0.5) is 20.8 Å². The Balaban J connectivity index is 1.04. The maximum atomic E-state index is 14.7.